The predicted octanol–water partition coefficient (Wildman–Crippen LogP) is 0.939. The summed E-state index contributed by atoms with van der Waals surface area (Å²) >= 11 is 1.48. The van der Waals surface area contributed by atoms with Gasteiger partial charge in [0.15, 0.2) is 0 Å². The van der Waals surface area contributed by atoms with Crippen LogP contribution in [0.4, 0.5) is 0 Å². The van der Waals surface area contributed by atoms with Crippen LogP contribution >= 0.6 is 11.8 Å². The van der Waals surface area contributed by atoms with Gasteiger partial charge in [-0.2, -0.15) is 0 Å². The maximum atomic E-state index is 11.5. The van der Waals surface area contributed by atoms with Crippen LogP contribution in [0.5, 0.6) is 0 Å². The number of thioether (sulfide) groups is 1. The van der Waals surface area contributed by atoms with Gasteiger partial charge in [0.2, 0.25) is 5.91 Å². The molecule has 1 amide bonds. The summed E-state index contributed by atoms with van der Waals surface area (Å²) < 4.78 is 0. The van der Waals surface area contributed by atoms with Crippen molar-refractivity contribution in [3.8, 4) is 0 Å². The number of nitrogens with zero attached hydrogens (tertiary/aromatic N) is 1. The van der Waals surface area contributed by atoms with Crippen molar-refractivity contribution >= 4 is 23.6 Å². The van der Waals surface area contributed by atoms with E-state index in [2.05, 4.69) is 6.58 Å². The summed E-state index contributed by atoms with van der Waals surface area (Å²) in [6.45, 7) is 3.52. The zero-order chi connectivity index (χ0) is 10.6. The van der Waals surface area contributed by atoms with Gasteiger partial charge < -0.3 is 10.0 Å². The molecule has 0 spiro atoms. The molecule has 0 saturated carbocycles. The van der Waals surface area contributed by atoms with Crippen LogP contribution in [0, 0.1) is 0 Å². The van der Waals surface area contributed by atoms with Crippen LogP contribution in [0.3, 0.4) is 0 Å². The summed E-state index contributed by atoms with van der Waals surface area (Å²) in [5.74, 6) is -0.0218. The van der Waals surface area contributed by atoms with Crippen LogP contribution in [-0.2, 0) is 9.59 Å². The molecule has 1 saturated heterocycles. The second-order valence-corrected chi connectivity index (χ2v) is 4.04. The Hall–Kier alpha value is -0.970. The van der Waals surface area contributed by atoms with Crippen molar-refractivity contribution in [1.29, 1.82) is 0 Å². The molecule has 1 aliphatic rings. The number of carbonyl (C=O) groups is 2. The molecule has 0 radical (unpaired) electrons. The van der Waals surface area contributed by atoms with Gasteiger partial charge in [-0.25, -0.2) is 4.79 Å². The largest absolute Gasteiger partial charge is 0.480 e. The highest BCUT2D eigenvalue weighted by Gasteiger charge is 2.33. The first-order valence-corrected chi connectivity index (χ1v) is 5.53. The van der Waals surface area contributed by atoms with Crippen molar-refractivity contribution in [1.82, 2.24) is 4.90 Å². The van der Waals surface area contributed by atoms with E-state index in [0.29, 0.717) is 24.5 Å². The van der Waals surface area contributed by atoms with E-state index in [0.717, 1.165) is 0 Å². The first-order chi connectivity index (χ1) is 6.66. The Bertz CT molecular complexity index is 254. The number of carboxylic acid groups (broad SMARTS) is 1. The Labute approximate surface area is 87.0 Å². The Kier molecular flexibility index (Phi) is 4.00. The quantitative estimate of drug-likeness (QED) is 0.709. The zero-order valence-electron chi connectivity index (χ0n) is 7.81. The monoisotopic (exact) mass is 215 g/mol. The molecule has 0 aliphatic carbocycles. The third-order valence-corrected chi connectivity index (χ3v) is 3.06. The lowest BCUT2D eigenvalue weighted by Crippen LogP contribution is -2.41. The molecule has 1 rings (SSSR count). The number of aliphatic carboxylic acids is 1. The maximum Gasteiger partial charge on any atom is 0.327 e. The SMILES string of the molecule is C=CCCC(=O)N1CSC[C@H]1C(=O)O. The van der Waals surface area contributed by atoms with Gasteiger partial charge in [-0.05, 0) is 6.42 Å². The smallest absolute Gasteiger partial charge is 0.327 e. The normalized spacial score (nSPS) is 20.9. The molecule has 0 aromatic carbocycles. The summed E-state index contributed by atoms with van der Waals surface area (Å²) in [6, 6.07) is -0.641. The lowest BCUT2D eigenvalue weighted by Gasteiger charge is -2.19. The molecule has 0 unspecified atom stereocenters. The molecule has 4 nitrogen and oxygen atoms in total. The minimum Gasteiger partial charge on any atom is -0.480 e. The van der Waals surface area contributed by atoms with Crippen molar-refractivity contribution in [2.75, 3.05) is 11.6 Å². The molecule has 14 heavy (non-hydrogen) atoms. The summed E-state index contributed by atoms with van der Waals surface area (Å²) in [5.41, 5.74) is 0. The second kappa shape index (κ2) is 5.05. The third-order valence-electron chi connectivity index (χ3n) is 2.05. The number of carbonyl (C=O) groups excluding carboxylic acids is 1. The van der Waals surface area contributed by atoms with E-state index in [1.165, 1.54) is 16.7 Å². The van der Waals surface area contributed by atoms with Crippen molar-refractivity contribution in [2.24, 2.45) is 0 Å². The molecule has 1 heterocycles. The Morgan fingerprint density at radius 1 is 1.64 bits per heavy atom. The van der Waals surface area contributed by atoms with Crippen molar-refractivity contribution in [3.05, 3.63) is 12.7 Å². The van der Waals surface area contributed by atoms with Gasteiger partial charge >= 0.3 is 5.97 Å². The van der Waals surface area contributed by atoms with E-state index >= 15 is 0 Å². The highest BCUT2D eigenvalue weighted by Crippen LogP contribution is 2.22. The van der Waals surface area contributed by atoms with Gasteiger partial charge in [0.05, 0.1) is 5.88 Å². The summed E-state index contributed by atoms with van der Waals surface area (Å²) in [6.07, 6.45) is 2.62. The number of allylic oxidation sites excluding steroid dienone is 1. The fraction of sp³-hybridized carbons (Fsp3) is 0.556. The fourth-order valence-corrected chi connectivity index (χ4v) is 2.43. The van der Waals surface area contributed by atoms with Crippen molar-refractivity contribution in [2.45, 2.75) is 18.9 Å². The molecule has 78 valence electrons. The Balaban J connectivity index is 2.53. The first-order valence-electron chi connectivity index (χ1n) is 4.37. The van der Waals surface area contributed by atoms with E-state index < -0.39 is 12.0 Å². The molecule has 0 aromatic heterocycles. The van der Waals surface area contributed by atoms with Crippen LogP contribution in [0.15, 0.2) is 12.7 Å². The summed E-state index contributed by atoms with van der Waals surface area (Å²) in [5, 5.41) is 8.83. The minimum absolute atomic E-state index is 0.0951. The summed E-state index contributed by atoms with van der Waals surface area (Å²) in [7, 11) is 0. The molecule has 1 N–H and O–H groups in total. The Morgan fingerprint density at radius 3 is 2.93 bits per heavy atom. The molecular weight excluding hydrogens is 202 g/mol. The number of hydrogen-bond donors (Lipinski definition) is 1. The number of rotatable bonds is 4. The van der Waals surface area contributed by atoms with Crippen molar-refractivity contribution in [3.63, 3.8) is 0 Å². The van der Waals surface area contributed by atoms with E-state index in [-0.39, 0.29) is 5.91 Å². The average molecular weight is 215 g/mol. The highest BCUT2D eigenvalue weighted by atomic mass is 32.2. The van der Waals surface area contributed by atoms with Crippen LogP contribution in [0.25, 0.3) is 0 Å². The van der Waals surface area contributed by atoms with Crippen LogP contribution in [0.1, 0.15) is 12.8 Å². The van der Waals surface area contributed by atoms with Gasteiger partial charge in [-0.15, -0.1) is 18.3 Å². The topological polar surface area (TPSA) is 57.6 Å². The van der Waals surface area contributed by atoms with E-state index in [9.17, 15) is 9.59 Å². The molecule has 0 bridgehead atoms. The zero-order valence-corrected chi connectivity index (χ0v) is 8.63. The van der Waals surface area contributed by atoms with Crippen LogP contribution in [-0.4, -0.2) is 39.6 Å². The molecule has 1 aliphatic heterocycles. The second-order valence-electron chi connectivity index (χ2n) is 3.04. The standard InChI is InChI=1S/C9H13NO3S/c1-2-3-4-8(11)10-6-14-5-7(10)9(12)13/h2,7H,1,3-6H2,(H,12,13)/t7-/m0/s1. The van der Waals surface area contributed by atoms with E-state index in [4.69, 9.17) is 5.11 Å². The van der Waals surface area contributed by atoms with Gasteiger partial charge in [-0.3, -0.25) is 4.79 Å². The van der Waals surface area contributed by atoms with Gasteiger partial charge in [0.25, 0.3) is 0 Å². The number of amides is 1. The molecule has 5 heteroatoms. The predicted molar refractivity (Wildman–Crippen MR) is 55.0 cm³/mol. The van der Waals surface area contributed by atoms with Crippen LogP contribution in [0.2, 0.25) is 0 Å². The first kappa shape index (κ1) is 11.1. The van der Waals surface area contributed by atoms with Crippen molar-refractivity contribution < 1.29 is 14.7 Å². The molecule has 1 fully saturated rings. The highest BCUT2D eigenvalue weighted by molar-refractivity contribution is 7.99. The van der Waals surface area contributed by atoms with E-state index in [1.807, 2.05) is 0 Å². The summed E-state index contributed by atoms with van der Waals surface area (Å²) in [4.78, 5) is 23.7. The molecule has 1 atom stereocenters. The number of hydrogen-bond acceptors (Lipinski definition) is 3. The van der Waals surface area contributed by atoms with Gasteiger partial charge in [0.1, 0.15) is 6.04 Å². The van der Waals surface area contributed by atoms with Crippen LogP contribution < -0.4 is 0 Å². The van der Waals surface area contributed by atoms with E-state index in [1.54, 1.807) is 6.08 Å². The fourth-order valence-electron chi connectivity index (χ4n) is 1.26. The van der Waals surface area contributed by atoms with Gasteiger partial charge in [-0.1, -0.05) is 6.08 Å². The molecular formula is C9H13NO3S. The minimum atomic E-state index is -0.915. The van der Waals surface area contributed by atoms with Gasteiger partial charge in [0, 0.05) is 12.2 Å². The maximum absolute atomic E-state index is 11.5. The third kappa shape index (κ3) is 2.51. The lowest BCUT2D eigenvalue weighted by molar-refractivity contribution is -0.147. The number of carboxylic acids is 1. The molecule has 0 aromatic rings. The lowest BCUT2D eigenvalue weighted by atomic mass is 10.2. The Morgan fingerprint density at radius 2 is 2.36 bits per heavy atom. The average Bonchev–Trinajstić information content (AvgIpc) is 2.62.